The third kappa shape index (κ3) is 4.19. The molecule has 1 atom stereocenters. The van der Waals surface area contributed by atoms with Crippen molar-refractivity contribution >= 4 is 5.91 Å². The van der Waals surface area contributed by atoms with E-state index in [1.165, 1.54) is 6.33 Å². The molecule has 0 unspecified atom stereocenters. The first-order valence-electron chi connectivity index (χ1n) is 6.64. The average Bonchev–Trinajstić information content (AvgIpc) is 2.77. The molecule has 0 N–H and O–H groups in total. The first-order chi connectivity index (χ1) is 8.94. The van der Waals surface area contributed by atoms with Gasteiger partial charge in [-0.1, -0.05) is 20.8 Å². The summed E-state index contributed by atoms with van der Waals surface area (Å²) in [5.41, 5.74) is 0.0304. The molecule has 1 fully saturated rings. The van der Waals surface area contributed by atoms with Crippen molar-refractivity contribution in [1.82, 2.24) is 14.9 Å². The van der Waals surface area contributed by atoms with Crippen molar-refractivity contribution in [1.29, 1.82) is 0 Å². The monoisotopic (exact) mass is 263 g/mol. The van der Waals surface area contributed by atoms with Gasteiger partial charge in [0, 0.05) is 31.6 Å². The molecular weight excluding hydrogens is 242 g/mol. The molecule has 5 nitrogen and oxygen atoms in total. The molecule has 1 aliphatic rings. The van der Waals surface area contributed by atoms with E-state index in [9.17, 15) is 4.79 Å². The Morgan fingerprint density at radius 1 is 1.53 bits per heavy atom. The molecule has 19 heavy (non-hydrogen) atoms. The number of ether oxygens (including phenoxy) is 1. The van der Waals surface area contributed by atoms with Gasteiger partial charge in [-0.2, -0.15) is 0 Å². The molecule has 104 valence electrons. The lowest BCUT2D eigenvalue weighted by Gasteiger charge is -2.22. The maximum atomic E-state index is 12.1. The highest BCUT2D eigenvalue weighted by Crippen LogP contribution is 2.23. The number of hydrogen-bond acceptors (Lipinski definition) is 4. The third-order valence-corrected chi connectivity index (χ3v) is 3.02. The van der Waals surface area contributed by atoms with E-state index < -0.39 is 0 Å². The molecule has 0 aliphatic carbocycles. The SMILES string of the molecule is CC(C)(C)CC(=O)N1CC[C@H](Oc2ccncn2)C1. The Morgan fingerprint density at radius 3 is 2.95 bits per heavy atom. The molecule has 1 aliphatic heterocycles. The van der Waals surface area contributed by atoms with E-state index >= 15 is 0 Å². The van der Waals surface area contributed by atoms with Gasteiger partial charge in [0.1, 0.15) is 12.4 Å². The van der Waals surface area contributed by atoms with Gasteiger partial charge in [-0.25, -0.2) is 9.97 Å². The van der Waals surface area contributed by atoms with Crippen LogP contribution in [-0.2, 0) is 4.79 Å². The van der Waals surface area contributed by atoms with Crippen LogP contribution in [0.2, 0.25) is 0 Å². The van der Waals surface area contributed by atoms with Crippen LogP contribution >= 0.6 is 0 Å². The summed E-state index contributed by atoms with van der Waals surface area (Å²) in [5, 5.41) is 0. The molecule has 0 saturated carbocycles. The van der Waals surface area contributed by atoms with Gasteiger partial charge in [-0.05, 0) is 5.41 Å². The van der Waals surface area contributed by atoms with Crippen molar-refractivity contribution in [2.45, 2.75) is 39.7 Å². The molecule has 1 saturated heterocycles. The Balaban J connectivity index is 1.85. The topological polar surface area (TPSA) is 55.3 Å². The van der Waals surface area contributed by atoms with Gasteiger partial charge in [-0.3, -0.25) is 4.79 Å². The van der Waals surface area contributed by atoms with E-state index in [0.29, 0.717) is 18.8 Å². The summed E-state index contributed by atoms with van der Waals surface area (Å²) >= 11 is 0. The minimum Gasteiger partial charge on any atom is -0.472 e. The Kier molecular flexibility index (Phi) is 4.02. The predicted molar refractivity (Wildman–Crippen MR) is 71.7 cm³/mol. The van der Waals surface area contributed by atoms with Gasteiger partial charge in [0.15, 0.2) is 0 Å². The Morgan fingerprint density at radius 2 is 2.32 bits per heavy atom. The minimum atomic E-state index is 0.0304. The molecule has 1 aromatic heterocycles. The molecule has 0 spiro atoms. The summed E-state index contributed by atoms with van der Waals surface area (Å²) in [6, 6.07) is 1.74. The van der Waals surface area contributed by atoms with Crippen LogP contribution in [0.1, 0.15) is 33.6 Å². The number of hydrogen-bond donors (Lipinski definition) is 0. The van der Waals surface area contributed by atoms with Crippen LogP contribution in [0.15, 0.2) is 18.6 Å². The third-order valence-electron chi connectivity index (χ3n) is 3.02. The number of rotatable bonds is 3. The highest BCUT2D eigenvalue weighted by atomic mass is 16.5. The van der Waals surface area contributed by atoms with Crippen LogP contribution in [0.25, 0.3) is 0 Å². The summed E-state index contributed by atoms with van der Waals surface area (Å²) in [7, 11) is 0. The lowest BCUT2D eigenvalue weighted by molar-refractivity contribution is -0.132. The fraction of sp³-hybridized carbons (Fsp3) is 0.643. The predicted octanol–water partition coefficient (Wildman–Crippen LogP) is 1.89. The van der Waals surface area contributed by atoms with Gasteiger partial charge in [0.05, 0.1) is 6.54 Å². The smallest absolute Gasteiger partial charge is 0.223 e. The maximum absolute atomic E-state index is 12.1. The fourth-order valence-electron chi connectivity index (χ4n) is 2.14. The van der Waals surface area contributed by atoms with Gasteiger partial charge in [-0.15, -0.1) is 0 Å². The van der Waals surface area contributed by atoms with Crippen LogP contribution < -0.4 is 4.74 Å². The molecule has 0 bridgehead atoms. The Bertz CT molecular complexity index is 428. The zero-order valence-corrected chi connectivity index (χ0v) is 11.8. The van der Waals surface area contributed by atoms with E-state index in [0.717, 1.165) is 13.0 Å². The second-order valence-electron chi connectivity index (χ2n) is 6.15. The quantitative estimate of drug-likeness (QED) is 0.835. The van der Waals surface area contributed by atoms with Crippen molar-refractivity contribution in [3.63, 3.8) is 0 Å². The highest BCUT2D eigenvalue weighted by molar-refractivity contribution is 5.77. The molecule has 1 amide bonds. The summed E-state index contributed by atoms with van der Waals surface area (Å²) in [6.07, 6.45) is 4.60. The standard InChI is InChI=1S/C14H21N3O2/c1-14(2,3)8-13(18)17-7-5-11(9-17)19-12-4-6-15-10-16-12/h4,6,10-11H,5,7-9H2,1-3H3/t11-/m0/s1. The number of aromatic nitrogens is 2. The number of amides is 1. The van der Waals surface area contributed by atoms with Crippen molar-refractivity contribution < 1.29 is 9.53 Å². The number of carbonyl (C=O) groups excluding carboxylic acids is 1. The Hall–Kier alpha value is -1.65. The zero-order chi connectivity index (χ0) is 13.9. The van der Waals surface area contributed by atoms with Gasteiger partial charge >= 0.3 is 0 Å². The largest absolute Gasteiger partial charge is 0.472 e. The summed E-state index contributed by atoms with van der Waals surface area (Å²) in [5.74, 6) is 0.784. The molecular formula is C14H21N3O2. The second kappa shape index (κ2) is 5.55. The molecule has 1 aromatic rings. The molecule has 5 heteroatoms. The van der Waals surface area contributed by atoms with Crippen LogP contribution in [-0.4, -0.2) is 40.0 Å². The second-order valence-corrected chi connectivity index (χ2v) is 6.15. The van der Waals surface area contributed by atoms with Crippen molar-refractivity contribution in [3.05, 3.63) is 18.6 Å². The summed E-state index contributed by atoms with van der Waals surface area (Å²) < 4.78 is 5.74. The summed E-state index contributed by atoms with van der Waals surface area (Å²) in [4.78, 5) is 21.9. The van der Waals surface area contributed by atoms with Gasteiger partial charge in [0.2, 0.25) is 11.8 Å². The molecule has 2 heterocycles. The number of carbonyl (C=O) groups is 1. The maximum Gasteiger partial charge on any atom is 0.223 e. The van der Waals surface area contributed by atoms with Crippen molar-refractivity contribution in [3.8, 4) is 5.88 Å². The molecule has 0 aromatic carbocycles. The van der Waals surface area contributed by atoms with E-state index in [4.69, 9.17) is 4.74 Å². The van der Waals surface area contributed by atoms with Crippen LogP contribution in [0.3, 0.4) is 0 Å². The minimum absolute atomic E-state index is 0.0304. The molecule has 2 rings (SSSR count). The van der Waals surface area contributed by atoms with Crippen LogP contribution in [0.4, 0.5) is 0 Å². The fourth-order valence-corrected chi connectivity index (χ4v) is 2.14. The number of nitrogens with zero attached hydrogens (tertiary/aromatic N) is 3. The first-order valence-corrected chi connectivity index (χ1v) is 6.64. The van der Waals surface area contributed by atoms with Gasteiger partial charge < -0.3 is 9.64 Å². The normalized spacial score (nSPS) is 19.5. The Labute approximate surface area is 114 Å². The number of likely N-dealkylation sites (tertiary alicyclic amines) is 1. The molecule has 0 radical (unpaired) electrons. The zero-order valence-electron chi connectivity index (χ0n) is 11.8. The first kappa shape index (κ1) is 13.8. The van der Waals surface area contributed by atoms with E-state index in [1.807, 2.05) is 4.90 Å². The lowest BCUT2D eigenvalue weighted by Crippen LogP contribution is -2.33. The lowest BCUT2D eigenvalue weighted by atomic mass is 9.92. The van der Waals surface area contributed by atoms with E-state index in [1.54, 1.807) is 12.3 Å². The van der Waals surface area contributed by atoms with Crippen LogP contribution in [0, 0.1) is 5.41 Å². The van der Waals surface area contributed by atoms with E-state index in [-0.39, 0.29) is 17.4 Å². The highest BCUT2D eigenvalue weighted by Gasteiger charge is 2.29. The van der Waals surface area contributed by atoms with Crippen molar-refractivity contribution in [2.75, 3.05) is 13.1 Å². The summed E-state index contributed by atoms with van der Waals surface area (Å²) in [6.45, 7) is 7.66. The van der Waals surface area contributed by atoms with Gasteiger partial charge in [0.25, 0.3) is 0 Å². The van der Waals surface area contributed by atoms with Crippen molar-refractivity contribution in [2.24, 2.45) is 5.41 Å². The van der Waals surface area contributed by atoms with Crippen LogP contribution in [0.5, 0.6) is 5.88 Å². The van der Waals surface area contributed by atoms with E-state index in [2.05, 4.69) is 30.7 Å². The average molecular weight is 263 g/mol.